The van der Waals surface area contributed by atoms with E-state index in [9.17, 15) is 9.59 Å². The normalized spacial score (nSPS) is 10.2. The standard InChI is InChI=1S/C23H22N2O3/c1-15-8-4-5-12-19(15)22(26)24-17-10-7-11-18(14-17)25-23(27)20-13-6-9-16(2)21(20)28-3/h4-14H,1-3H3,(H,24,26)(H,25,27). The lowest BCUT2D eigenvalue weighted by molar-refractivity contribution is 0.101. The Labute approximate surface area is 164 Å². The molecular formula is C23H22N2O3. The molecule has 3 aromatic rings. The maximum Gasteiger partial charge on any atom is 0.259 e. The molecule has 28 heavy (non-hydrogen) atoms. The predicted molar refractivity (Wildman–Crippen MR) is 111 cm³/mol. The first-order valence-electron chi connectivity index (χ1n) is 8.91. The number of hydrogen-bond acceptors (Lipinski definition) is 3. The van der Waals surface area contributed by atoms with Gasteiger partial charge in [-0.15, -0.1) is 0 Å². The van der Waals surface area contributed by atoms with Crippen molar-refractivity contribution in [1.82, 2.24) is 0 Å². The Balaban J connectivity index is 1.77. The highest BCUT2D eigenvalue weighted by atomic mass is 16.5. The largest absolute Gasteiger partial charge is 0.496 e. The molecule has 0 aliphatic heterocycles. The molecule has 0 aliphatic carbocycles. The number of rotatable bonds is 5. The Morgan fingerprint density at radius 1 is 0.714 bits per heavy atom. The summed E-state index contributed by atoms with van der Waals surface area (Å²) in [7, 11) is 1.54. The zero-order valence-electron chi connectivity index (χ0n) is 16.1. The van der Waals surface area contributed by atoms with Crippen LogP contribution in [0.4, 0.5) is 11.4 Å². The van der Waals surface area contributed by atoms with E-state index >= 15 is 0 Å². The van der Waals surface area contributed by atoms with Gasteiger partial charge in [0.1, 0.15) is 5.75 Å². The number of methoxy groups -OCH3 is 1. The molecule has 0 aromatic heterocycles. The van der Waals surface area contributed by atoms with Gasteiger partial charge in [0.2, 0.25) is 0 Å². The minimum absolute atomic E-state index is 0.193. The maximum absolute atomic E-state index is 12.7. The molecule has 3 aromatic carbocycles. The van der Waals surface area contributed by atoms with E-state index in [-0.39, 0.29) is 11.8 Å². The van der Waals surface area contributed by atoms with Crippen LogP contribution in [0, 0.1) is 13.8 Å². The first-order valence-corrected chi connectivity index (χ1v) is 8.91. The topological polar surface area (TPSA) is 67.4 Å². The van der Waals surface area contributed by atoms with Gasteiger partial charge in [-0.3, -0.25) is 9.59 Å². The van der Waals surface area contributed by atoms with Gasteiger partial charge >= 0.3 is 0 Å². The lowest BCUT2D eigenvalue weighted by Crippen LogP contribution is -2.15. The van der Waals surface area contributed by atoms with Gasteiger partial charge in [-0.2, -0.15) is 0 Å². The average molecular weight is 374 g/mol. The third-order valence-electron chi connectivity index (χ3n) is 4.43. The summed E-state index contributed by atoms with van der Waals surface area (Å²) >= 11 is 0. The SMILES string of the molecule is COc1c(C)cccc1C(=O)Nc1cccc(NC(=O)c2ccccc2C)c1. The van der Waals surface area contributed by atoms with Gasteiger partial charge in [-0.25, -0.2) is 0 Å². The predicted octanol–water partition coefficient (Wildman–Crippen LogP) is 4.82. The number of benzene rings is 3. The quantitative estimate of drug-likeness (QED) is 0.673. The fraction of sp³-hybridized carbons (Fsp3) is 0.130. The number of nitrogens with one attached hydrogen (secondary N) is 2. The van der Waals surface area contributed by atoms with E-state index in [1.807, 2.05) is 44.2 Å². The van der Waals surface area contributed by atoms with Crippen molar-refractivity contribution >= 4 is 23.2 Å². The van der Waals surface area contributed by atoms with Gasteiger partial charge in [-0.1, -0.05) is 36.4 Å². The van der Waals surface area contributed by atoms with Gasteiger partial charge in [0.25, 0.3) is 11.8 Å². The second-order valence-electron chi connectivity index (χ2n) is 6.46. The van der Waals surface area contributed by atoms with Crippen molar-refractivity contribution < 1.29 is 14.3 Å². The number of aryl methyl sites for hydroxylation is 2. The Kier molecular flexibility index (Phi) is 5.75. The van der Waals surface area contributed by atoms with Crippen molar-refractivity contribution in [3.05, 3.63) is 89.0 Å². The van der Waals surface area contributed by atoms with Crippen LogP contribution in [0.5, 0.6) is 5.75 Å². The molecule has 3 rings (SSSR count). The number of carbonyl (C=O) groups excluding carboxylic acids is 2. The molecule has 0 aliphatic rings. The molecule has 0 heterocycles. The highest BCUT2D eigenvalue weighted by Crippen LogP contribution is 2.24. The van der Waals surface area contributed by atoms with Crippen LogP contribution in [0.2, 0.25) is 0 Å². The summed E-state index contributed by atoms with van der Waals surface area (Å²) in [5.74, 6) is 0.0777. The van der Waals surface area contributed by atoms with Crippen LogP contribution in [0.1, 0.15) is 31.8 Å². The van der Waals surface area contributed by atoms with Crippen molar-refractivity contribution in [3.8, 4) is 5.75 Å². The van der Waals surface area contributed by atoms with E-state index in [4.69, 9.17) is 4.74 Å². The third-order valence-corrected chi connectivity index (χ3v) is 4.43. The molecule has 5 heteroatoms. The van der Waals surface area contributed by atoms with Crippen LogP contribution in [0.25, 0.3) is 0 Å². The van der Waals surface area contributed by atoms with Crippen molar-refractivity contribution in [1.29, 1.82) is 0 Å². The summed E-state index contributed by atoms with van der Waals surface area (Å²) in [5.41, 5.74) is 4.03. The van der Waals surface area contributed by atoms with Crippen LogP contribution in [-0.4, -0.2) is 18.9 Å². The Bertz CT molecular complexity index is 1030. The van der Waals surface area contributed by atoms with Crippen molar-refractivity contribution in [2.75, 3.05) is 17.7 Å². The molecule has 5 nitrogen and oxygen atoms in total. The van der Waals surface area contributed by atoms with Gasteiger partial charge in [-0.05, 0) is 55.3 Å². The smallest absolute Gasteiger partial charge is 0.259 e. The lowest BCUT2D eigenvalue weighted by Gasteiger charge is -2.12. The van der Waals surface area contributed by atoms with Crippen LogP contribution < -0.4 is 15.4 Å². The first kappa shape index (κ1) is 19.2. The number of hydrogen-bond donors (Lipinski definition) is 2. The second-order valence-corrected chi connectivity index (χ2v) is 6.46. The molecule has 2 N–H and O–H groups in total. The van der Waals surface area contributed by atoms with E-state index in [1.54, 1.807) is 43.5 Å². The van der Waals surface area contributed by atoms with Gasteiger partial charge < -0.3 is 15.4 Å². The van der Waals surface area contributed by atoms with Gasteiger partial charge in [0, 0.05) is 16.9 Å². The average Bonchev–Trinajstić information content (AvgIpc) is 2.68. The lowest BCUT2D eigenvalue weighted by atomic mass is 10.1. The van der Waals surface area contributed by atoms with E-state index in [0.29, 0.717) is 28.3 Å². The molecule has 142 valence electrons. The summed E-state index contributed by atoms with van der Waals surface area (Å²) in [4.78, 5) is 25.2. The van der Waals surface area contributed by atoms with E-state index < -0.39 is 0 Å². The molecule has 0 fully saturated rings. The molecule has 0 radical (unpaired) electrons. The highest BCUT2D eigenvalue weighted by molar-refractivity contribution is 6.08. The third kappa shape index (κ3) is 4.20. The Hall–Kier alpha value is -3.60. The number of para-hydroxylation sites is 1. The van der Waals surface area contributed by atoms with Crippen LogP contribution in [-0.2, 0) is 0 Å². The number of anilines is 2. The zero-order valence-corrected chi connectivity index (χ0v) is 16.1. The van der Waals surface area contributed by atoms with Crippen molar-refractivity contribution in [2.24, 2.45) is 0 Å². The van der Waals surface area contributed by atoms with Crippen LogP contribution in [0.15, 0.2) is 66.7 Å². The summed E-state index contributed by atoms with van der Waals surface area (Å²) in [6.45, 7) is 3.78. The zero-order chi connectivity index (χ0) is 20.1. The van der Waals surface area contributed by atoms with Crippen molar-refractivity contribution in [3.63, 3.8) is 0 Å². The van der Waals surface area contributed by atoms with E-state index in [1.165, 1.54) is 0 Å². The number of ether oxygens (including phenoxy) is 1. The van der Waals surface area contributed by atoms with Crippen molar-refractivity contribution in [2.45, 2.75) is 13.8 Å². The molecular weight excluding hydrogens is 352 g/mol. The molecule has 0 spiro atoms. The number of amides is 2. The molecule has 0 saturated heterocycles. The molecule has 0 saturated carbocycles. The van der Waals surface area contributed by atoms with E-state index in [0.717, 1.165) is 11.1 Å². The minimum atomic E-state index is -0.275. The van der Waals surface area contributed by atoms with Crippen LogP contribution >= 0.6 is 0 Å². The summed E-state index contributed by atoms with van der Waals surface area (Å²) in [5, 5.41) is 5.72. The molecule has 0 atom stereocenters. The highest BCUT2D eigenvalue weighted by Gasteiger charge is 2.14. The van der Waals surface area contributed by atoms with Gasteiger partial charge in [0.05, 0.1) is 12.7 Å². The van der Waals surface area contributed by atoms with Crippen LogP contribution in [0.3, 0.4) is 0 Å². The summed E-state index contributed by atoms with van der Waals surface area (Å²) < 4.78 is 5.35. The maximum atomic E-state index is 12.7. The van der Waals surface area contributed by atoms with E-state index in [2.05, 4.69) is 10.6 Å². The second kappa shape index (κ2) is 8.39. The Morgan fingerprint density at radius 2 is 1.25 bits per heavy atom. The summed E-state index contributed by atoms with van der Waals surface area (Å²) in [6, 6.07) is 19.8. The molecule has 0 bridgehead atoms. The molecule has 0 unspecified atom stereocenters. The fourth-order valence-electron chi connectivity index (χ4n) is 3.00. The monoisotopic (exact) mass is 374 g/mol. The number of carbonyl (C=O) groups is 2. The first-order chi connectivity index (χ1) is 13.5. The minimum Gasteiger partial charge on any atom is -0.496 e. The fourth-order valence-corrected chi connectivity index (χ4v) is 3.00. The Morgan fingerprint density at radius 3 is 1.89 bits per heavy atom. The van der Waals surface area contributed by atoms with Gasteiger partial charge in [0.15, 0.2) is 0 Å². The molecule has 2 amide bonds. The summed E-state index contributed by atoms with van der Waals surface area (Å²) in [6.07, 6.45) is 0.